The van der Waals surface area contributed by atoms with Crippen LogP contribution in [0.4, 0.5) is 0 Å². The highest BCUT2D eigenvalue weighted by Crippen LogP contribution is 2.16. The van der Waals surface area contributed by atoms with E-state index in [0.29, 0.717) is 5.56 Å². The van der Waals surface area contributed by atoms with Crippen LogP contribution in [0.5, 0.6) is 0 Å². The normalized spacial score (nSPS) is 12.6. The number of carbonyl (C=O) groups is 1. The molecule has 0 radical (unpaired) electrons. The molecule has 0 saturated carbocycles. The predicted molar refractivity (Wildman–Crippen MR) is 54.1 cm³/mol. The molecule has 1 aromatic carbocycles. The summed E-state index contributed by atoms with van der Waals surface area (Å²) in [5.74, 6) is -0.0882. The summed E-state index contributed by atoms with van der Waals surface area (Å²) in [6.07, 6.45) is 0. The summed E-state index contributed by atoms with van der Waals surface area (Å²) in [5.41, 5.74) is 1.63. The minimum atomic E-state index is -0.626. The van der Waals surface area contributed by atoms with Crippen molar-refractivity contribution in [1.82, 2.24) is 0 Å². The van der Waals surface area contributed by atoms with Crippen molar-refractivity contribution in [2.45, 2.75) is 11.2 Å². The van der Waals surface area contributed by atoms with Crippen molar-refractivity contribution in [2.75, 3.05) is 0 Å². The fourth-order valence-corrected chi connectivity index (χ4v) is 1.33. The summed E-state index contributed by atoms with van der Waals surface area (Å²) in [5, 5.41) is 0. The van der Waals surface area contributed by atoms with Gasteiger partial charge in [0.1, 0.15) is 0 Å². The summed E-state index contributed by atoms with van der Waals surface area (Å²) in [6.45, 7) is 1.89. The molecule has 0 aliphatic heterocycles. The SMILES string of the molecule is Cc1ccccc1C(=O)C(Cl)Br. The zero-order valence-corrected chi connectivity index (χ0v) is 8.89. The lowest BCUT2D eigenvalue weighted by Gasteiger charge is -2.03. The van der Waals surface area contributed by atoms with E-state index in [9.17, 15) is 4.79 Å². The number of Topliss-reactive ketones (excluding diaryl/α,β-unsaturated/α-hetero) is 1. The second-order valence-electron chi connectivity index (χ2n) is 2.48. The first-order valence-corrected chi connectivity index (χ1v) is 4.86. The first-order valence-electron chi connectivity index (χ1n) is 3.51. The summed E-state index contributed by atoms with van der Waals surface area (Å²) in [7, 11) is 0. The van der Waals surface area contributed by atoms with Gasteiger partial charge in [0.25, 0.3) is 0 Å². The van der Waals surface area contributed by atoms with Crippen LogP contribution < -0.4 is 0 Å². The van der Waals surface area contributed by atoms with Crippen LogP contribution >= 0.6 is 27.5 Å². The predicted octanol–water partition coefficient (Wildman–Crippen LogP) is 3.14. The number of carbonyl (C=O) groups excluding carboxylic acids is 1. The smallest absolute Gasteiger partial charge is 0.191 e. The van der Waals surface area contributed by atoms with E-state index in [1.54, 1.807) is 6.07 Å². The summed E-state index contributed by atoms with van der Waals surface area (Å²) < 4.78 is -0.626. The van der Waals surface area contributed by atoms with Gasteiger partial charge in [-0.2, -0.15) is 0 Å². The molecule has 1 nitrogen and oxygen atoms in total. The Morgan fingerprint density at radius 2 is 2.08 bits per heavy atom. The Morgan fingerprint density at radius 1 is 1.50 bits per heavy atom. The van der Waals surface area contributed by atoms with E-state index in [1.165, 1.54) is 0 Å². The largest absolute Gasteiger partial charge is 0.292 e. The van der Waals surface area contributed by atoms with Crippen LogP contribution in [0, 0.1) is 6.92 Å². The molecular weight excluding hydrogens is 239 g/mol. The Kier molecular flexibility index (Phi) is 3.29. The number of rotatable bonds is 2. The molecule has 12 heavy (non-hydrogen) atoms. The van der Waals surface area contributed by atoms with Gasteiger partial charge in [0, 0.05) is 5.56 Å². The van der Waals surface area contributed by atoms with Gasteiger partial charge in [-0.1, -0.05) is 40.2 Å². The lowest BCUT2D eigenvalue weighted by atomic mass is 10.1. The number of benzene rings is 1. The van der Waals surface area contributed by atoms with Gasteiger partial charge in [-0.25, -0.2) is 0 Å². The molecule has 0 heterocycles. The standard InChI is InChI=1S/C9H8BrClO/c1-6-4-2-3-5-7(6)8(12)9(10)11/h2-5,9H,1H3. The molecule has 0 aliphatic rings. The molecule has 1 unspecified atom stereocenters. The van der Waals surface area contributed by atoms with Gasteiger partial charge in [0.2, 0.25) is 0 Å². The van der Waals surface area contributed by atoms with Gasteiger partial charge in [0.05, 0.1) is 0 Å². The van der Waals surface area contributed by atoms with Crippen molar-refractivity contribution in [3.05, 3.63) is 35.4 Å². The van der Waals surface area contributed by atoms with E-state index in [0.717, 1.165) is 5.56 Å². The molecule has 0 saturated heterocycles. The average molecular weight is 248 g/mol. The lowest BCUT2D eigenvalue weighted by Crippen LogP contribution is -2.08. The van der Waals surface area contributed by atoms with Crippen LogP contribution in [0.2, 0.25) is 0 Å². The van der Waals surface area contributed by atoms with Gasteiger partial charge in [-0.05, 0) is 12.5 Å². The van der Waals surface area contributed by atoms with Crippen molar-refractivity contribution < 1.29 is 4.79 Å². The summed E-state index contributed by atoms with van der Waals surface area (Å²) >= 11 is 8.63. The molecule has 0 spiro atoms. The van der Waals surface area contributed by atoms with Crippen LogP contribution in [0.15, 0.2) is 24.3 Å². The first-order chi connectivity index (χ1) is 5.63. The topological polar surface area (TPSA) is 17.1 Å². The third kappa shape index (κ3) is 2.08. The van der Waals surface area contributed by atoms with E-state index < -0.39 is 4.29 Å². The molecule has 3 heteroatoms. The molecule has 0 N–H and O–H groups in total. The highest BCUT2D eigenvalue weighted by Gasteiger charge is 2.14. The Hall–Kier alpha value is -0.340. The van der Waals surface area contributed by atoms with Crippen molar-refractivity contribution in [2.24, 2.45) is 0 Å². The number of alkyl halides is 2. The number of halogens is 2. The van der Waals surface area contributed by atoms with Crippen LogP contribution in [-0.4, -0.2) is 10.1 Å². The van der Waals surface area contributed by atoms with E-state index >= 15 is 0 Å². The molecule has 0 fully saturated rings. The van der Waals surface area contributed by atoms with E-state index in [-0.39, 0.29) is 5.78 Å². The fraction of sp³-hybridized carbons (Fsp3) is 0.222. The molecule has 64 valence electrons. The van der Waals surface area contributed by atoms with Crippen LogP contribution in [0.1, 0.15) is 15.9 Å². The average Bonchev–Trinajstić information content (AvgIpc) is 2.04. The Bertz CT molecular complexity index is 296. The van der Waals surface area contributed by atoms with Gasteiger partial charge < -0.3 is 0 Å². The Labute approximate surface area is 84.9 Å². The van der Waals surface area contributed by atoms with E-state index in [1.807, 2.05) is 25.1 Å². The molecular formula is C9H8BrClO. The molecule has 0 aliphatic carbocycles. The quantitative estimate of drug-likeness (QED) is 0.580. The molecule has 1 aromatic rings. The zero-order valence-electron chi connectivity index (χ0n) is 6.55. The third-order valence-electron chi connectivity index (χ3n) is 1.61. The molecule has 1 rings (SSSR count). The fourth-order valence-electron chi connectivity index (χ4n) is 0.967. The van der Waals surface area contributed by atoms with Gasteiger partial charge in [-0.15, -0.1) is 11.6 Å². The maximum absolute atomic E-state index is 11.4. The zero-order chi connectivity index (χ0) is 9.14. The summed E-state index contributed by atoms with van der Waals surface area (Å²) in [4.78, 5) is 11.4. The number of aryl methyl sites for hydroxylation is 1. The third-order valence-corrected chi connectivity index (χ3v) is 2.22. The molecule has 0 aromatic heterocycles. The minimum Gasteiger partial charge on any atom is -0.292 e. The maximum Gasteiger partial charge on any atom is 0.191 e. The first kappa shape index (κ1) is 9.75. The van der Waals surface area contributed by atoms with Crippen LogP contribution in [-0.2, 0) is 0 Å². The number of hydrogen-bond donors (Lipinski definition) is 0. The second kappa shape index (κ2) is 4.06. The van der Waals surface area contributed by atoms with Crippen LogP contribution in [0.25, 0.3) is 0 Å². The van der Waals surface area contributed by atoms with Crippen LogP contribution in [0.3, 0.4) is 0 Å². The van der Waals surface area contributed by atoms with Gasteiger partial charge in [-0.3, -0.25) is 4.79 Å². The maximum atomic E-state index is 11.4. The van der Waals surface area contributed by atoms with E-state index in [4.69, 9.17) is 11.6 Å². The Balaban J connectivity index is 3.03. The lowest BCUT2D eigenvalue weighted by molar-refractivity contribution is 0.101. The van der Waals surface area contributed by atoms with E-state index in [2.05, 4.69) is 15.9 Å². The second-order valence-corrected chi connectivity index (χ2v) is 4.36. The van der Waals surface area contributed by atoms with Crippen molar-refractivity contribution in [1.29, 1.82) is 0 Å². The van der Waals surface area contributed by atoms with Crippen molar-refractivity contribution >= 4 is 33.3 Å². The monoisotopic (exact) mass is 246 g/mol. The Morgan fingerprint density at radius 3 is 2.58 bits per heavy atom. The van der Waals surface area contributed by atoms with Crippen molar-refractivity contribution in [3.63, 3.8) is 0 Å². The summed E-state index contributed by atoms with van der Waals surface area (Å²) in [6, 6.07) is 7.38. The minimum absolute atomic E-state index is 0.0882. The molecule has 0 bridgehead atoms. The van der Waals surface area contributed by atoms with Gasteiger partial charge in [0.15, 0.2) is 10.1 Å². The molecule has 1 atom stereocenters. The highest BCUT2D eigenvalue weighted by atomic mass is 79.9. The van der Waals surface area contributed by atoms with Gasteiger partial charge >= 0.3 is 0 Å². The van der Waals surface area contributed by atoms with Crippen molar-refractivity contribution in [3.8, 4) is 0 Å². The number of hydrogen-bond acceptors (Lipinski definition) is 1. The highest BCUT2D eigenvalue weighted by molar-refractivity contribution is 9.10. The number of ketones is 1. The molecule has 0 amide bonds.